The van der Waals surface area contributed by atoms with Crippen molar-refractivity contribution in [2.75, 3.05) is 0 Å². The molecule has 1 amide bonds. The Morgan fingerprint density at radius 3 is 2.46 bits per heavy atom. The fourth-order valence-corrected chi connectivity index (χ4v) is 3.06. The first-order valence-electron chi connectivity index (χ1n) is 7.48. The molecule has 1 heterocycles. The van der Waals surface area contributed by atoms with Gasteiger partial charge < -0.3 is 14.4 Å². The number of phenolic OH excluding ortho intramolecular Hbond substituents is 1. The maximum atomic E-state index is 13.0. The van der Waals surface area contributed by atoms with E-state index >= 15 is 0 Å². The number of halogens is 1. The van der Waals surface area contributed by atoms with Crippen LogP contribution >= 0.6 is 22.6 Å². The van der Waals surface area contributed by atoms with Gasteiger partial charge in [-0.2, -0.15) is 0 Å². The van der Waals surface area contributed by atoms with Crippen molar-refractivity contribution in [2.45, 2.75) is 13.1 Å². The van der Waals surface area contributed by atoms with Gasteiger partial charge in [0.05, 0.1) is 24.9 Å². The normalized spacial score (nSPS) is 10.5. The molecule has 0 radical (unpaired) electrons. The summed E-state index contributed by atoms with van der Waals surface area (Å²) in [7, 11) is 0. The number of hydrogen-bond acceptors (Lipinski definition) is 3. The lowest BCUT2D eigenvalue weighted by Gasteiger charge is -2.23. The Labute approximate surface area is 153 Å². The molecular formula is C19H16INO3. The van der Waals surface area contributed by atoms with E-state index in [1.807, 2.05) is 42.5 Å². The molecule has 0 aliphatic carbocycles. The number of phenols is 1. The highest BCUT2D eigenvalue weighted by Gasteiger charge is 2.20. The fraction of sp³-hybridized carbons (Fsp3) is 0.105. The first-order valence-corrected chi connectivity index (χ1v) is 8.56. The highest BCUT2D eigenvalue weighted by molar-refractivity contribution is 14.1. The number of nitrogens with zero attached hydrogens (tertiary/aromatic N) is 1. The van der Waals surface area contributed by atoms with Gasteiger partial charge in [-0.1, -0.05) is 30.3 Å². The van der Waals surface area contributed by atoms with E-state index in [0.717, 1.165) is 3.57 Å². The molecule has 0 fully saturated rings. The number of carbonyl (C=O) groups is 1. The summed E-state index contributed by atoms with van der Waals surface area (Å²) in [4.78, 5) is 14.7. The molecule has 0 aliphatic rings. The monoisotopic (exact) mass is 433 g/mol. The largest absolute Gasteiger partial charge is 0.508 e. The van der Waals surface area contributed by atoms with Crippen molar-refractivity contribution in [3.8, 4) is 5.75 Å². The zero-order chi connectivity index (χ0) is 16.9. The van der Waals surface area contributed by atoms with Gasteiger partial charge in [0.1, 0.15) is 11.5 Å². The van der Waals surface area contributed by atoms with E-state index < -0.39 is 0 Å². The Bertz CT molecular complexity index is 830. The Kier molecular flexibility index (Phi) is 5.20. The molecule has 0 unspecified atom stereocenters. The molecule has 4 nitrogen and oxygen atoms in total. The van der Waals surface area contributed by atoms with Crippen LogP contribution in [0.2, 0.25) is 0 Å². The van der Waals surface area contributed by atoms with Gasteiger partial charge in [-0.05, 0) is 52.9 Å². The van der Waals surface area contributed by atoms with E-state index in [0.29, 0.717) is 30.0 Å². The van der Waals surface area contributed by atoms with Gasteiger partial charge in [0, 0.05) is 9.13 Å². The zero-order valence-corrected chi connectivity index (χ0v) is 15.0. The second-order valence-corrected chi connectivity index (χ2v) is 6.51. The fourth-order valence-electron chi connectivity index (χ4n) is 2.45. The quantitative estimate of drug-likeness (QED) is 0.606. The minimum Gasteiger partial charge on any atom is -0.508 e. The highest BCUT2D eigenvalue weighted by atomic mass is 127. The predicted molar refractivity (Wildman–Crippen MR) is 99.6 cm³/mol. The standard InChI is InChI=1S/C19H16INO3/c20-17-9-3-2-8-16(17)19(23)21(13-15-7-5-11-24-15)12-14-6-1-4-10-18(14)22/h1-11,22H,12-13H2. The molecule has 0 saturated heterocycles. The van der Waals surface area contributed by atoms with E-state index in [1.54, 1.807) is 29.4 Å². The summed E-state index contributed by atoms with van der Waals surface area (Å²) in [5.41, 5.74) is 1.34. The van der Waals surface area contributed by atoms with Crippen LogP contribution in [0.4, 0.5) is 0 Å². The second-order valence-electron chi connectivity index (χ2n) is 5.35. The lowest BCUT2D eigenvalue weighted by atomic mass is 10.1. The van der Waals surface area contributed by atoms with Crippen molar-refractivity contribution in [3.63, 3.8) is 0 Å². The van der Waals surface area contributed by atoms with Crippen molar-refractivity contribution in [2.24, 2.45) is 0 Å². The van der Waals surface area contributed by atoms with Crippen molar-refractivity contribution in [1.82, 2.24) is 4.90 Å². The molecule has 5 heteroatoms. The third-order valence-electron chi connectivity index (χ3n) is 3.67. The number of aromatic hydroxyl groups is 1. The van der Waals surface area contributed by atoms with Crippen LogP contribution in [0, 0.1) is 3.57 Å². The lowest BCUT2D eigenvalue weighted by Crippen LogP contribution is -2.30. The average Bonchev–Trinajstić information content (AvgIpc) is 3.09. The van der Waals surface area contributed by atoms with Gasteiger partial charge >= 0.3 is 0 Å². The van der Waals surface area contributed by atoms with Crippen molar-refractivity contribution < 1.29 is 14.3 Å². The topological polar surface area (TPSA) is 53.7 Å². The van der Waals surface area contributed by atoms with E-state index in [4.69, 9.17) is 4.42 Å². The average molecular weight is 433 g/mol. The Hall–Kier alpha value is -2.28. The van der Waals surface area contributed by atoms with Crippen LogP contribution in [0.5, 0.6) is 5.75 Å². The predicted octanol–water partition coefficient (Wildman–Crippen LogP) is 4.43. The number of carbonyl (C=O) groups excluding carboxylic acids is 1. The molecule has 1 N–H and O–H groups in total. The molecule has 122 valence electrons. The molecule has 1 aromatic heterocycles. The summed E-state index contributed by atoms with van der Waals surface area (Å²) in [6, 6.07) is 18.1. The molecule has 0 atom stereocenters. The van der Waals surface area contributed by atoms with E-state index in [2.05, 4.69) is 22.6 Å². The number of rotatable bonds is 5. The van der Waals surface area contributed by atoms with Gasteiger partial charge in [0.15, 0.2) is 0 Å². The maximum Gasteiger partial charge on any atom is 0.255 e. The number of para-hydroxylation sites is 1. The van der Waals surface area contributed by atoms with Crippen LogP contribution in [0.25, 0.3) is 0 Å². The van der Waals surface area contributed by atoms with E-state index in [9.17, 15) is 9.90 Å². The molecule has 0 aliphatic heterocycles. The molecule has 0 bridgehead atoms. The molecule has 3 aromatic rings. The second kappa shape index (κ2) is 7.53. The Balaban J connectivity index is 1.91. The maximum absolute atomic E-state index is 13.0. The minimum absolute atomic E-state index is 0.0975. The minimum atomic E-state index is -0.0975. The third kappa shape index (κ3) is 3.79. The summed E-state index contributed by atoms with van der Waals surface area (Å²) in [6.07, 6.45) is 1.59. The number of benzene rings is 2. The van der Waals surface area contributed by atoms with Crippen LogP contribution < -0.4 is 0 Å². The summed E-state index contributed by atoms with van der Waals surface area (Å²) in [5.74, 6) is 0.780. The summed E-state index contributed by atoms with van der Waals surface area (Å²) < 4.78 is 6.28. The van der Waals surface area contributed by atoms with Crippen LogP contribution in [-0.4, -0.2) is 15.9 Å². The van der Waals surface area contributed by atoms with E-state index in [1.165, 1.54) is 0 Å². The highest BCUT2D eigenvalue weighted by Crippen LogP contribution is 2.22. The molecule has 3 rings (SSSR count). The van der Waals surface area contributed by atoms with Gasteiger partial charge in [0.2, 0.25) is 0 Å². The van der Waals surface area contributed by atoms with Crippen molar-refractivity contribution in [3.05, 3.63) is 87.4 Å². The van der Waals surface area contributed by atoms with Gasteiger partial charge in [-0.15, -0.1) is 0 Å². The van der Waals surface area contributed by atoms with Crippen LogP contribution in [-0.2, 0) is 13.1 Å². The van der Waals surface area contributed by atoms with E-state index in [-0.39, 0.29) is 11.7 Å². The molecule has 0 saturated carbocycles. The first kappa shape index (κ1) is 16.6. The SMILES string of the molecule is O=C(c1ccccc1I)N(Cc1ccco1)Cc1ccccc1O. The summed E-state index contributed by atoms with van der Waals surface area (Å²) in [6.45, 7) is 0.641. The van der Waals surface area contributed by atoms with Crippen LogP contribution in [0.15, 0.2) is 71.3 Å². The smallest absolute Gasteiger partial charge is 0.255 e. The lowest BCUT2D eigenvalue weighted by molar-refractivity contribution is 0.0715. The molecule has 2 aromatic carbocycles. The Morgan fingerprint density at radius 1 is 1.00 bits per heavy atom. The number of furan rings is 1. The Morgan fingerprint density at radius 2 is 1.75 bits per heavy atom. The zero-order valence-electron chi connectivity index (χ0n) is 12.9. The molecule has 0 spiro atoms. The van der Waals surface area contributed by atoms with Gasteiger partial charge in [-0.25, -0.2) is 0 Å². The van der Waals surface area contributed by atoms with Crippen LogP contribution in [0.3, 0.4) is 0 Å². The molecule has 24 heavy (non-hydrogen) atoms. The van der Waals surface area contributed by atoms with Gasteiger partial charge in [0.25, 0.3) is 5.91 Å². The molecular weight excluding hydrogens is 417 g/mol. The van der Waals surface area contributed by atoms with Gasteiger partial charge in [-0.3, -0.25) is 4.79 Å². The van der Waals surface area contributed by atoms with Crippen molar-refractivity contribution >= 4 is 28.5 Å². The number of amides is 1. The summed E-state index contributed by atoms with van der Waals surface area (Å²) in [5, 5.41) is 10.0. The van der Waals surface area contributed by atoms with Crippen molar-refractivity contribution in [1.29, 1.82) is 0 Å². The third-order valence-corrected chi connectivity index (χ3v) is 4.61. The summed E-state index contributed by atoms with van der Waals surface area (Å²) >= 11 is 2.16. The first-order chi connectivity index (χ1) is 11.6. The number of hydrogen-bond donors (Lipinski definition) is 1. The van der Waals surface area contributed by atoms with Crippen LogP contribution in [0.1, 0.15) is 21.7 Å².